The minimum atomic E-state index is -0.588. The van der Waals surface area contributed by atoms with Crippen LogP contribution in [-0.2, 0) is 13.2 Å². The van der Waals surface area contributed by atoms with E-state index in [0.29, 0.717) is 16.3 Å². The lowest BCUT2D eigenvalue weighted by Gasteiger charge is -2.11. The van der Waals surface area contributed by atoms with Crippen molar-refractivity contribution in [2.24, 2.45) is 0 Å². The molecule has 0 spiro atoms. The average molecular weight is 292 g/mol. The van der Waals surface area contributed by atoms with Crippen LogP contribution in [0.25, 0.3) is 0 Å². The number of halogens is 2. The molecule has 3 nitrogen and oxygen atoms in total. The van der Waals surface area contributed by atoms with Crippen LogP contribution in [0.4, 0.5) is 4.39 Å². The molecule has 0 aliphatic heterocycles. The van der Waals surface area contributed by atoms with Crippen LogP contribution in [0.1, 0.15) is 16.7 Å². The topological polar surface area (TPSA) is 53.2 Å². The normalized spacial score (nSPS) is 10.1. The van der Waals surface area contributed by atoms with Crippen molar-refractivity contribution in [3.05, 3.63) is 63.9 Å². The van der Waals surface area contributed by atoms with E-state index in [1.54, 1.807) is 36.4 Å². The van der Waals surface area contributed by atoms with Gasteiger partial charge in [0.1, 0.15) is 24.2 Å². The molecule has 0 saturated heterocycles. The molecule has 5 heteroatoms. The van der Waals surface area contributed by atoms with Gasteiger partial charge >= 0.3 is 0 Å². The number of aliphatic hydroxyl groups excluding tert-OH is 1. The Morgan fingerprint density at radius 3 is 2.75 bits per heavy atom. The van der Waals surface area contributed by atoms with Crippen LogP contribution in [0.5, 0.6) is 5.75 Å². The third-order valence-electron chi connectivity index (χ3n) is 2.78. The van der Waals surface area contributed by atoms with Crippen molar-refractivity contribution in [1.82, 2.24) is 0 Å². The van der Waals surface area contributed by atoms with Crippen molar-refractivity contribution in [2.45, 2.75) is 13.2 Å². The summed E-state index contributed by atoms with van der Waals surface area (Å²) in [6, 6.07) is 11.1. The highest BCUT2D eigenvalue weighted by Gasteiger charge is 2.09. The molecule has 0 aromatic heterocycles. The molecule has 0 fully saturated rings. The summed E-state index contributed by atoms with van der Waals surface area (Å²) in [7, 11) is 0. The number of benzene rings is 2. The molecule has 102 valence electrons. The maximum atomic E-state index is 13.8. The molecular weight excluding hydrogens is 281 g/mol. The van der Waals surface area contributed by atoms with Gasteiger partial charge in [-0.25, -0.2) is 4.39 Å². The predicted molar refractivity (Wildman–Crippen MR) is 72.8 cm³/mol. The van der Waals surface area contributed by atoms with Gasteiger partial charge in [0.05, 0.1) is 12.2 Å². The molecule has 2 rings (SSSR count). The first kappa shape index (κ1) is 14.3. The van der Waals surface area contributed by atoms with Crippen molar-refractivity contribution in [3.63, 3.8) is 0 Å². The molecule has 0 amide bonds. The maximum absolute atomic E-state index is 13.8. The fourth-order valence-corrected chi connectivity index (χ4v) is 1.94. The number of hydrogen-bond donors (Lipinski definition) is 1. The lowest BCUT2D eigenvalue weighted by atomic mass is 10.1. The Hall–Kier alpha value is -2.09. The Balaban J connectivity index is 2.19. The number of nitriles is 1. The van der Waals surface area contributed by atoms with E-state index in [0.717, 1.165) is 0 Å². The first-order chi connectivity index (χ1) is 9.65. The lowest BCUT2D eigenvalue weighted by Crippen LogP contribution is -2.02. The van der Waals surface area contributed by atoms with Crippen molar-refractivity contribution < 1.29 is 14.2 Å². The van der Waals surface area contributed by atoms with Gasteiger partial charge in [-0.05, 0) is 24.3 Å². The van der Waals surface area contributed by atoms with Crippen LogP contribution in [0.15, 0.2) is 36.4 Å². The van der Waals surface area contributed by atoms with E-state index in [1.165, 1.54) is 6.07 Å². The molecule has 0 heterocycles. The SMILES string of the molecule is N#Cc1cccc(COc2ccc(Cl)cc2CO)c1F. The predicted octanol–water partition coefficient (Wildman–Crippen LogP) is 3.42. The minimum Gasteiger partial charge on any atom is -0.488 e. The first-order valence-corrected chi connectivity index (χ1v) is 6.23. The van der Waals surface area contributed by atoms with Crippen LogP contribution >= 0.6 is 11.6 Å². The van der Waals surface area contributed by atoms with Crippen LogP contribution in [0, 0.1) is 17.1 Å². The number of hydrogen-bond acceptors (Lipinski definition) is 3. The van der Waals surface area contributed by atoms with Gasteiger partial charge in [0.2, 0.25) is 0 Å². The standard InChI is InChI=1S/C15H11ClFNO2/c16-13-4-5-14(12(6-13)8-19)20-9-11-3-1-2-10(7-18)15(11)17/h1-6,19H,8-9H2. The molecule has 0 bridgehead atoms. The quantitative estimate of drug-likeness (QED) is 0.939. The Morgan fingerprint density at radius 1 is 1.25 bits per heavy atom. The Bertz CT molecular complexity index is 667. The van der Waals surface area contributed by atoms with Gasteiger partial charge in [-0.3, -0.25) is 0 Å². The highest BCUT2D eigenvalue weighted by Crippen LogP contribution is 2.24. The zero-order valence-electron chi connectivity index (χ0n) is 10.4. The van der Waals surface area contributed by atoms with Gasteiger partial charge in [0.25, 0.3) is 0 Å². The Morgan fingerprint density at radius 2 is 2.05 bits per heavy atom. The number of aliphatic hydroxyl groups is 1. The van der Waals surface area contributed by atoms with Crippen molar-refractivity contribution in [3.8, 4) is 11.8 Å². The molecule has 2 aromatic rings. The van der Waals surface area contributed by atoms with Gasteiger partial charge in [0.15, 0.2) is 0 Å². The molecule has 0 unspecified atom stereocenters. The summed E-state index contributed by atoms with van der Waals surface area (Å²) in [6.45, 7) is -0.257. The second-order valence-corrected chi connectivity index (χ2v) is 4.53. The molecule has 0 atom stereocenters. The van der Waals surface area contributed by atoms with E-state index in [2.05, 4.69) is 0 Å². The van der Waals surface area contributed by atoms with Gasteiger partial charge < -0.3 is 9.84 Å². The Labute approximate surface area is 120 Å². The zero-order valence-corrected chi connectivity index (χ0v) is 11.2. The molecule has 1 N–H and O–H groups in total. The summed E-state index contributed by atoms with van der Waals surface area (Å²) in [5, 5.41) is 18.5. The summed E-state index contributed by atoms with van der Waals surface area (Å²) >= 11 is 5.81. The first-order valence-electron chi connectivity index (χ1n) is 5.85. The maximum Gasteiger partial charge on any atom is 0.147 e. The van der Waals surface area contributed by atoms with Gasteiger partial charge in [-0.2, -0.15) is 5.26 Å². The lowest BCUT2D eigenvalue weighted by molar-refractivity contribution is 0.257. The fraction of sp³-hybridized carbons (Fsp3) is 0.133. The number of ether oxygens (including phenoxy) is 1. The number of nitrogens with zero attached hydrogens (tertiary/aromatic N) is 1. The third kappa shape index (κ3) is 3.08. The van der Waals surface area contributed by atoms with E-state index in [4.69, 9.17) is 21.6 Å². The van der Waals surface area contributed by atoms with E-state index in [1.807, 2.05) is 0 Å². The molecule has 0 radical (unpaired) electrons. The second kappa shape index (κ2) is 6.38. The molecule has 0 saturated carbocycles. The molecule has 2 aromatic carbocycles. The molecule has 20 heavy (non-hydrogen) atoms. The van der Waals surface area contributed by atoms with E-state index >= 15 is 0 Å². The molecule has 0 aliphatic carbocycles. The van der Waals surface area contributed by atoms with E-state index in [9.17, 15) is 9.50 Å². The van der Waals surface area contributed by atoms with Crippen LogP contribution in [-0.4, -0.2) is 5.11 Å². The number of rotatable bonds is 4. The summed E-state index contributed by atoms with van der Waals surface area (Å²) < 4.78 is 19.3. The van der Waals surface area contributed by atoms with Gasteiger partial charge in [-0.1, -0.05) is 23.7 Å². The molecular formula is C15H11ClFNO2. The van der Waals surface area contributed by atoms with E-state index in [-0.39, 0.29) is 24.3 Å². The molecule has 0 aliphatic rings. The fourth-order valence-electron chi connectivity index (χ4n) is 1.75. The monoisotopic (exact) mass is 291 g/mol. The smallest absolute Gasteiger partial charge is 0.147 e. The summed E-state index contributed by atoms with van der Waals surface area (Å²) in [4.78, 5) is 0. The van der Waals surface area contributed by atoms with Crippen molar-refractivity contribution in [2.75, 3.05) is 0 Å². The Kier molecular flexibility index (Phi) is 4.57. The van der Waals surface area contributed by atoms with Crippen LogP contribution < -0.4 is 4.74 Å². The summed E-state index contributed by atoms with van der Waals surface area (Å²) in [6.07, 6.45) is 0. The zero-order chi connectivity index (χ0) is 14.5. The van der Waals surface area contributed by atoms with Crippen LogP contribution in [0.2, 0.25) is 5.02 Å². The minimum absolute atomic E-state index is 0.0235. The highest BCUT2D eigenvalue weighted by molar-refractivity contribution is 6.30. The van der Waals surface area contributed by atoms with Gasteiger partial charge in [-0.15, -0.1) is 0 Å². The highest BCUT2D eigenvalue weighted by atomic mass is 35.5. The summed E-state index contributed by atoms with van der Waals surface area (Å²) in [5.41, 5.74) is 0.779. The van der Waals surface area contributed by atoms with Crippen molar-refractivity contribution in [1.29, 1.82) is 5.26 Å². The second-order valence-electron chi connectivity index (χ2n) is 4.09. The summed E-state index contributed by atoms with van der Waals surface area (Å²) in [5.74, 6) is -0.159. The van der Waals surface area contributed by atoms with Crippen LogP contribution in [0.3, 0.4) is 0 Å². The largest absolute Gasteiger partial charge is 0.488 e. The van der Waals surface area contributed by atoms with E-state index < -0.39 is 5.82 Å². The van der Waals surface area contributed by atoms with Gasteiger partial charge in [0, 0.05) is 16.1 Å². The van der Waals surface area contributed by atoms with Crippen molar-refractivity contribution >= 4 is 11.6 Å². The average Bonchev–Trinajstić information content (AvgIpc) is 2.47. The third-order valence-corrected chi connectivity index (χ3v) is 3.01.